The van der Waals surface area contributed by atoms with Gasteiger partial charge in [0.1, 0.15) is 0 Å². The molecule has 0 aliphatic carbocycles. The molecule has 1 atom stereocenters. The van der Waals surface area contributed by atoms with Gasteiger partial charge in [-0.1, -0.05) is 23.2 Å². The van der Waals surface area contributed by atoms with Crippen LogP contribution in [-0.4, -0.2) is 28.2 Å². The molecule has 9 heteroatoms. The molecule has 0 aliphatic rings. The average molecular weight is 456 g/mol. The maximum atomic E-state index is 14.9. The summed E-state index contributed by atoms with van der Waals surface area (Å²) in [5.74, 6) is -5.96. The Morgan fingerprint density at radius 1 is 1.20 bits per heavy atom. The number of benzene rings is 2. The number of nitrogens with zero attached hydrogens (tertiary/aromatic N) is 1. The summed E-state index contributed by atoms with van der Waals surface area (Å²) in [6, 6.07) is 5.02. The van der Waals surface area contributed by atoms with E-state index in [1.165, 1.54) is 32.0 Å². The molecule has 0 saturated carbocycles. The van der Waals surface area contributed by atoms with E-state index in [0.29, 0.717) is 0 Å². The van der Waals surface area contributed by atoms with Gasteiger partial charge in [0.05, 0.1) is 28.1 Å². The fourth-order valence-corrected chi connectivity index (χ4v) is 3.74. The van der Waals surface area contributed by atoms with E-state index in [9.17, 15) is 23.5 Å². The lowest BCUT2D eigenvalue weighted by molar-refractivity contribution is -0.144. The number of hydrogen-bond donors (Lipinski definition) is 1. The molecule has 1 heterocycles. The van der Waals surface area contributed by atoms with Crippen molar-refractivity contribution in [3.05, 3.63) is 62.8 Å². The predicted octanol–water partition coefficient (Wildman–Crippen LogP) is 5.60. The molecule has 0 bridgehead atoms. The Morgan fingerprint density at radius 3 is 2.47 bits per heavy atom. The number of rotatable bonds is 4. The molecular weight excluding hydrogens is 439 g/mol. The van der Waals surface area contributed by atoms with Crippen molar-refractivity contribution in [2.45, 2.75) is 26.7 Å². The SMILES string of the molecule is CCOC(=O)[C@@H](C)c1c(C)n(C(=O)c2ccc(Cl)c(Cl)c2)c2cc(F)c(O)c(F)c12. The number of hydrogen-bond acceptors (Lipinski definition) is 4. The molecule has 0 fully saturated rings. The molecule has 3 aromatic rings. The summed E-state index contributed by atoms with van der Waals surface area (Å²) in [7, 11) is 0. The summed E-state index contributed by atoms with van der Waals surface area (Å²) in [5, 5.41) is 9.92. The van der Waals surface area contributed by atoms with Gasteiger partial charge in [0, 0.05) is 22.7 Å². The van der Waals surface area contributed by atoms with Gasteiger partial charge in [-0.25, -0.2) is 8.78 Å². The van der Waals surface area contributed by atoms with Crippen molar-refractivity contribution in [1.29, 1.82) is 0 Å². The van der Waals surface area contributed by atoms with Crippen LogP contribution in [0.1, 0.15) is 41.4 Å². The van der Waals surface area contributed by atoms with Crippen LogP contribution in [0.2, 0.25) is 10.0 Å². The van der Waals surface area contributed by atoms with Crippen molar-refractivity contribution < 1.29 is 28.2 Å². The lowest BCUT2D eigenvalue weighted by Gasteiger charge is -2.12. The number of carbonyl (C=O) groups excluding carboxylic acids is 2. The number of esters is 1. The highest BCUT2D eigenvalue weighted by molar-refractivity contribution is 6.42. The van der Waals surface area contributed by atoms with Crippen LogP contribution in [0.3, 0.4) is 0 Å². The zero-order chi connectivity index (χ0) is 22.3. The molecule has 0 radical (unpaired) electrons. The monoisotopic (exact) mass is 455 g/mol. The minimum Gasteiger partial charge on any atom is -0.503 e. The molecule has 0 aliphatic heterocycles. The van der Waals surface area contributed by atoms with Crippen LogP contribution in [0.15, 0.2) is 24.3 Å². The van der Waals surface area contributed by atoms with E-state index in [2.05, 4.69) is 0 Å². The Hall–Kier alpha value is -2.64. The van der Waals surface area contributed by atoms with Gasteiger partial charge in [0.25, 0.3) is 5.91 Å². The molecule has 0 amide bonds. The number of aromatic nitrogens is 1. The Labute approximate surface area is 180 Å². The van der Waals surface area contributed by atoms with Crippen LogP contribution in [0.4, 0.5) is 8.78 Å². The van der Waals surface area contributed by atoms with Crippen molar-refractivity contribution in [1.82, 2.24) is 4.57 Å². The molecule has 0 saturated heterocycles. The first kappa shape index (κ1) is 22.1. The Morgan fingerprint density at radius 2 is 1.87 bits per heavy atom. The van der Waals surface area contributed by atoms with E-state index >= 15 is 0 Å². The second-order valence-corrected chi connectivity index (χ2v) is 7.47. The highest BCUT2D eigenvalue weighted by Crippen LogP contribution is 2.39. The average Bonchev–Trinajstić information content (AvgIpc) is 2.99. The number of halogens is 4. The second kappa shape index (κ2) is 8.24. The molecule has 0 spiro atoms. The third-order valence-electron chi connectivity index (χ3n) is 4.85. The van der Waals surface area contributed by atoms with Crippen molar-refractivity contribution in [3.63, 3.8) is 0 Å². The fourth-order valence-electron chi connectivity index (χ4n) is 3.45. The van der Waals surface area contributed by atoms with Crippen molar-refractivity contribution in [3.8, 4) is 5.75 Å². The topological polar surface area (TPSA) is 68.5 Å². The zero-order valence-electron chi connectivity index (χ0n) is 16.2. The maximum Gasteiger partial charge on any atom is 0.313 e. The maximum absolute atomic E-state index is 14.9. The molecule has 5 nitrogen and oxygen atoms in total. The molecule has 2 aromatic carbocycles. The number of fused-ring (bicyclic) bond motifs is 1. The standard InChI is InChI=1S/C21H17Cl2F2NO4/c1-4-30-21(29)9(2)16-10(3)26(15-8-14(24)19(27)18(25)17(15)16)20(28)11-5-6-12(22)13(23)7-11/h5-9,27H,4H2,1-3H3/t9-/m0/s1. The van der Waals surface area contributed by atoms with Gasteiger partial charge < -0.3 is 9.84 Å². The number of phenols is 1. The third-order valence-corrected chi connectivity index (χ3v) is 5.59. The Kier molecular flexibility index (Phi) is 6.06. The minimum atomic E-state index is -1.26. The first-order chi connectivity index (χ1) is 14.1. The summed E-state index contributed by atoms with van der Waals surface area (Å²) in [6.07, 6.45) is 0. The Balaban J connectivity index is 2.34. The van der Waals surface area contributed by atoms with E-state index in [1.807, 2.05) is 0 Å². The molecular formula is C21H17Cl2F2NO4. The van der Waals surface area contributed by atoms with Crippen LogP contribution in [0.5, 0.6) is 5.75 Å². The van der Waals surface area contributed by atoms with Gasteiger partial charge in [-0.15, -0.1) is 0 Å². The van der Waals surface area contributed by atoms with E-state index in [4.69, 9.17) is 27.9 Å². The van der Waals surface area contributed by atoms with E-state index in [1.54, 1.807) is 6.92 Å². The van der Waals surface area contributed by atoms with E-state index < -0.39 is 35.2 Å². The van der Waals surface area contributed by atoms with Gasteiger partial charge in [0.2, 0.25) is 0 Å². The highest BCUT2D eigenvalue weighted by atomic mass is 35.5. The quantitative estimate of drug-likeness (QED) is 0.520. The van der Waals surface area contributed by atoms with Crippen molar-refractivity contribution >= 4 is 46.0 Å². The van der Waals surface area contributed by atoms with Crippen LogP contribution < -0.4 is 0 Å². The molecule has 1 aromatic heterocycles. The van der Waals surface area contributed by atoms with E-state index in [0.717, 1.165) is 10.6 Å². The van der Waals surface area contributed by atoms with Gasteiger partial charge in [0.15, 0.2) is 17.4 Å². The lowest BCUT2D eigenvalue weighted by Crippen LogP contribution is -2.16. The summed E-state index contributed by atoms with van der Waals surface area (Å²) in [6.45, 7) is 4.70. The highest BCUT2D eigenvalue weighted by Gasteiger charge is 2.31. The summed E-state index contributed by atoms with van der Waals surface area (Å²) in [4.78, 5) is 25.5. The first-order valence-corrected chi connectivity index (χ1v) is 9.73. The van der Waals surface area contributed by atoms with Gasteiger partial charge in [-0.05, 0) is 44.5 Å². The molecule has 30 heavy (non-hydrogen) atoms. The summed E-state index contributed by atoms with van der Waals surface area (Å²) < 4.78 is 35.1. The molecule has 0 unspecified atom stereocenters. The van der Waals surface area contributed by atoms with Crippen LogP contribution >= 0.6 is 23.2 Å². The van der Waals surface area contributed by atoms with Crippen LogP contribution in [0, 0.1) is 18.6 Å². The van der Waals surface area contributed by atoms with Crippen LogP contribution in [-0.2, 0) is 9.53 Å². The largest absolute Gasteiger partial charge is 0.503 e. The summed E-state index contributed by atoms with van der Waals surface area (Å²) in [5.41, 5.74) is 0.298. The fraction of sp³-hybridized carbons (Fsp3) is 0.238. The Bertz CT molecular complexity index is 1190. The van der Waals surface area contributed by atoms with E-state index in [-0.39, 0.29) is 44.4 Å². The molecule has 158 valence electrons. The van der Waals surface area contributed by atoms with Gasteiger partial charge >= 0.3 is 5.97 Å². The third kappa shape index (κ3) is 3.52. The smallest absolute Gasteiger partial charge is 0.313 e. The van der Waals surface area contributed by atoms with Crippen molar-refractivity contribution in [2.75, 3.05) is 6.61 Å². The summed E-state index contributed by atoms with van der Waals surface area (Å²) >= 11 is 11.9. The molecule has 1 N–H and O–H groups in total. The molecule has 3 rings (SSSR count). The predicted molar refractivity (Wildman–Crippen MR) is 109 cm³/mol. The number of aromatic hydroxyl groups is 1. The number of ether oxygens (including phenoxy) is 1. The van der Waals surface area contributed by atoms with Crippen LogP contribution in [0.25, 0.3) is 10.9 Å². The van der Waals surface area contributed by atoms with Gasteiger partial charge in [-0.3, -0.25) is 14.2 Å². The van der Waals surface area contributed by atoms with Crippen molar-refractivity contribution in [2.24, 2.45) is 0 Å². The second-order valence-electron chi connectivity index (χ2n) is 6.66. The normalized spacial score (nSPS) is 12.2. The zero-order valence-corrected chi connectivity index (χ0v) is 17.7. The van der Waals surface area contributed by atoms with Gasteiger partial charge in [-0.2, -0.15) is 0 Å². The number of phenolic OH excluding ortho intramolecular Hbond substituents is 1. The first-order valence-electron chi connectivity index (χ1n) is 8.98. The lowest BCUT2D eigenvalue weighted by atomic mass is 9.97. The number of carbonyl (C=O) groups is 2. The minimum absolute atomic E-state index is 0.103.